The van der Waals surface area contributed by atoms with Crippen molar-refractivity contribution in [2.24, 2.45) is 17.6 Å². The van der Waals surface area contributed by atoms with E-state index in [9.17, 15) is 19.2 Å². The minimum absolute atomic E-state index is 0.0709. The fourth-order valence-electron chi connectivity index (χ4n) is 2.49. The molecule has 184 valence electrons. The van der Waals surface area contributed by atoms with Crippen LogP contribution >= 0.6 is 0 Å². The van der Waals surface area contributed by atoms with Gasteiger partial charge in [-0.1, -0.05) is 40.7 Å². The van der Waals surface area contributed by atoms with Crippen LogP contribution in [0.5, 0.6) is 11.5 Å². The van der Waals surface area contributed by atoms with Gasteiger partial charge in [0.1, 0.15) is 18.8 Å². The lowest BCUT2D eigenvalue weighted by molar-refractivity contribution is -0.162. The quantitative estimate of drug-likeness (QED) is 0.365. The lowest BCUT2D eigenvalue weighted by Gasteiger charge is -2.19. The van der Waals surface area contributed by atoms with Crippen LogP contribution in [0.2, 0.25) is 0 Å². The van der Waals surface area contributed by atoms with Crippen LogP contribution in [-0.4, -0.2) is 42.6 Å². The Morgan fingerprint density at radius 3 is 2.00 bits per heavy atom. The average molecular weight is 466 g/mol. The molecular formula is C24H35NO8. The summed E-state index contributed by atoms with van der Waals surface area (Å²) in [6.45, 7) is 10.4. The van der Waals surface area contributed by atoms with Crippen molar-refractivity contribution in [3.8, 4) is 11.5 Å². The van der Waals surface area contributed by atoms with E-state index in [4.69, 9.17) is 24.7 Å². The Bertz CT molecular complexity index is 836. The van der Waals surface area contributed by atoms with Gasteiger partial charge in [0, 0.05) is 12.8 Å². The second-order valence-electron chi connectivity index (χ2n) is 8.16. The second-order valence-corrected chi connectivity index (χ2v) is 8.16. The third-order valence-electron chi connectivity index (χ3n) is 4.94. The van der Waals surface area contributed by atoms with Crippen LogP contribution in [0.3, 0.4) is 0 Å². The Kier molecular flexibility index (Phi) is 11.6. The van der Waals surface area contributed by atoms with Gasteiger partial charge in [0.05, 0.1) is 5.92 Å². The van der Waals surface area contributed by atoms with Crippen LogP contribution in [0.25, 0.3) is 0 Å². The molecule has 3 atom stereocenters. The maximum Gasteiger partial charge on any atom is 0.323 e. The first-order chi connectivity index (χ1) is 15.5. The third-order valence-corrected chi connectivity index (χ3v) is 4.94. The highest BCUT2D eigenvalue weighted by Crippen LogP contribution is 2.30. The lowest BCUT2D eigenvalue weighted by atomic mass is 9.98. The molecule has 1 rings (SSSR count). The van der Waals surface area contributed by atoms with E-state index >= 15 is 0 Å². The zero-order valence-corrected chi connectivity index (χ0v) is 20.2. The predicted molar refractivity (Wildman–Crippen MR) is 120 cm³/mol. The highest BCUT2D eigenvalue weighted by atomic mass is 16.6. The molecule has 0 spiro atoms. The van der Waals surface area contributed by atoms with Gasteiger partial charge in [-0.15, -0.1) is 0 Å². The Balaban J connectivity index is 2.74. The van der Waals surface area contributed by atoms with Crippen molar-refractivity contribution in [1.82, 2.24) is 0 Å². The number of esters is 4. The summed E-state index contributed by atoms with van der Waals surface area (Å²) in [5.41, 5.74) is 6.55. The van der Waals surface area contributed by atoms with E-state index in [2.05, 4.69) is 0 Å². The number of nitrogens with two attached hydrogens (primary N) is 1. The van der Waals surface area contributed by atoms with Gasteiger partial charge in [-0.25, -0.2) is 0 Å². The molecule has 0 fully saturated rings. The van der Waals surface area contributed by atoms with Crippen LogP contribution in [0, 0.1) is 11.8 Å². The van der Waals surface area contributed by atoms with Crippen molar-refractivity contribution >= 4 is 23.9 Å². The van der Waals surface area contributed by atoms with Gasteiger partial charge in [-0.05, 0) is 37.0 Å². The Labute approximate surface area is 194 Å². The van der Waals surface area contributed by atoms with Gasteiger partial charge >= 0.3 is 23.9 Å². The molecule has 33 heavy (non-hydrogen) atoms. The van der Waals surface area contributed by atoms with Gasteiger partial charge in [0.25, 0.3) is 0 Å². The van der Waals surface area contributed by atoms with Crippen molar-refractivity contribution < 1.29 is 38.1 Å². The molecule has 0 heterocycles. The first kappa shape index (κ1) is 28.1. The van der Waals surface area contributed by atoms with Crippen molar-refractivity contribution in [3.63, 3.8) is 0 Å². The molecule has 0 aromatic heterocycles. The van der Waals surface area contributed by atoms with Crippen LogP contribution in [0.15, 0.2) is 18.2 Å². The summed E-state index contributed by atoms with van der Waals surface area (Å²) in [6.07, 6.45) is -0.224. The predicted octanol–water partition coefficient (Wildman–Crippen LogP) is 2.95. The van der Waals surface area contributed by atoms with Gasteiger partial charge in [-0.2, -0.15) is 0 Å². The molecule has 9 nitrogen and oxygen atoms in total. The van der Waals surface area contributed by atoms with E-state index in [1.54, 1.807) is 33.8 Å². The zero-order valence-electron chi connectivity index (χ0n) is 20.2. The van der Waals surface area contributed by atoms with Gasteiger partial charge in [0.2, 0.25) is 0 Å². The number of benzene rings is 1. The molecule has 0 saturated heterocycles. The standard InChI is InChI=1S/C24H35NO8/c1-7-21(26)32-19-10-9-17(12-20(19)33-22(27)8-2)11-18(25)24(29)30-13-15(5)31-23(28)16(6)14(3)4/h9-10,12,14-16,18H,7-8,11,13,25H2,1-6H3/t15-,16?,18-/m0/s1. The fourth-order valence-corrected chi connectivity index (χ4v) is 2.49. The van der Waals surface area contributed by atoms with Gasteiger partial charge in [-0.3, -0.25) is 19.2 Å². The SMILES string of the molecule is CCC(=O)Oc1ccc(C[C@H](N)C(=O)OC[C@H](C)OC(=O)C(C)C(C)C)cc1OC(=O)CC. The molecule has 0 bridgehead atoms. The third kappa shape index (κ3) is 9.61. The molecular weight excluding hydrogens is 430 g/mol. The van der Waals surface area contributed by atoms with E-state index < -0.39 is 30.1 Å². The van der Waals surface area contributed by atoms with Crippen LogP contribution in [0.1, 0.15) is 59.9 Å². The largest absolute Gasteiger partial charge is 0.461 e. The first-order valence-corrected chi connectivity index (χ1v) is 11.1. The maximum absolute atomic E-state index is 12.3. The summed E-state index contributed by atoms with van der Waals surface area (Å²) in [5.74, 6) is -1.94. The molecule has 0 aliphatic heterocycles. The van der Waals surface area contributed by atoms with E-state index in [0.717, 1.165) is 0 Å². The average Bonchev–Trinajstić information content (AvgIpc) is 2.77. The minimum Gasteiger partial charge on any atom is -0.461 e. The van der Waals surface area contributed by atoms with Crippen molar-refractivity contribution in [2.45, 2.75) is 73.0 Å². The maximum atomic E-state index is 12.3. The van der Waals surface area contributed by atoms with Crippen LogP contribution in [0.4, 0.5) is 0 Å². The van der Waals surface area contributed by atoms with Crippen molar-refractivity contribution in [3.05, 3.63) is 23.8 Å². The molecule has 0 aliphatic rings. The molecule has 0 amide bonds. The number of carbonyl (C=O) groups is 4. The second kappa shape index (κ2) is 13.6. The van der Waals surface area contributed by atoms with E-state index in [-0.39, 0.29) is 55.2 Å². The topological polar surface area (TPSA) is 131 Å². The molecule has 0 saturated carbocycles. The summed E-state index contributed by atoms with van der Waals surface area (Å²) in [4.78, 5) is 47.7. The monoisotopic (exact) mass is 465 g/mol. The zero-order chi connectivity index (χ0) is 25.1. The van der Waals surface area contributed by atoms with E-state index in [1.807, 2.05) is 13.8 Å². The van der Waals surface area contributed by atoms with Crippen LogP contribution in [-0.2, 0) is 35.1 Å². The number of rotatable bonds is 12. The number of hydrogen-bond donors (Lipinski definition) is 1. The fraction of sp³-hybridized carbons (Fsp3) is 0.583. The number of carbonyl (C=O) groups excluding carboxylic acids is 4. The molecule has 2 N–H and O–H groups in total. The normalized spacial score (nSPS) is 13.6. The Hall–Kier alpha value is -2.94. The highest BCUT2D eigenvalue weighted by molar-refractivity contribution is 5.77. The first-order valence-electron chi connectivity index (χ1n) is 11.1. The minimum atomic E-state index is -0.999. The van der Waals surface area contributed by atoms with Crippen molar-refractivity contribution in [2.75, 3.05) is 6.61 Å². The molecule has 1 aromatic rings. The Morgan fingerprint density at radius 2 is 1.45 bits per heavy atom. The molecule has 0 radical (unpaired) electrons. The van der Waals surface area contributed by atoms with E-state index in [0.29, 0.717) is 5.56 Å². The highest BCUT2D eigenvalue weighted by Gasteiger charge is 2.23. The molecule has 0 aliphatic carbocycles. The van der Waals surface area contributed by atoms with Crippen molar-refractivity contribution in [1.29, 1.82) is 0 Å². The summed E-state index contributed by atoms with van der Waals surface area (Å²) in [7, 11) is 0. The van der Waals surface area contributed by atoms with E-state index in [1.165, 1.54) is 12.1 Å². The summed E-state index contributed by atoms with van der Waals surface area (Å²) >= 11 is 0. The van der Waals surface area contributed by atoms with Crippen LogP contribution < -0.4 is 15.2 Å². The molecule has 1 unspecified atom stereocenters. The lowest BCUT2D eigenvalue weighted by Crippen LogP contribution is -2.36. The van der Waals surface area contributed by atoms with Gasteiger partial charge < -0.3 is 24.7 Å². The molecule has 1 aromatic carbocycles. The number of hydrogen-bond acceptors (Lipinski definition) is 9. The summed E-state index contributed by atoms with van der Waals surface area (Å²) in [6, 6.07) is 3.60. The summed E-state index contributed by atoms with van der Waals surface area (Å²) < 4.78 is 20.9. The summed E-state index contributed by atoms with van der Waals surface area (Å²) in [5, 5.41) is 0. The number of ether oxygens (including phenoxy) is 4. The van der Waals surface area contributed by atoms with Gasteiger partial charge in [0.15, 0.2) is 11.5 Å². The molecule has 9 heteroatoms. The Morgan fingerprint density at radius 1 is 0.879 bits per heavy atom. The smallest absolute Gasteiger partial charge is 0.323 e.